The zero-order valence-corrected chi connectivity index (χ0v) is 14.0. The van der Waals surface area contributed by atoms with E-state index >= 15 is 0 Å². The van der Waals surface area contributed by atoms with Crippen molar-refractivity contribution in [2.45, 2.75) is 12.5 Å². The van der Waals surface area contributed by atoms with Crippen molar-refractivity contribution in [3.8, 4) is 0 Å². The van der Waals surface area contributed by atoms with Gasteiger partial charge in [-0.15, -0.1) is 0 Å². The Morgan fingerprint density at radius 3 is 2.32 bits per heavy atom. The smallest absolute Gasteiger partial charge is 0.312 e. The maximum Gasteiger partial charge on any atom is 0.312 e. The fraction of sp³-hybridized carbons (Fsp3) is 0.167. The molecule has 0 bridgehead atoms. The molecule has 2 rings (SSSR count). The van der Waals surface area contributed by atoms with E-state index in [1.54, 1.807) is 54.6 Å². The molecule has 0 aliphatic heterocycles. The third kappa shape index (κ3) is 5.61. The van der Waals surface area contributed by atoms with Gasteiger partial charge in [0.15, 0.2) is 12.4 Å². The Morgan fingerprint density at radius 2 is 1.68 bits per heavy atom. The minimum atomic E-state index is -0.793. The molecular formula is C18H17ClN2O4. The van der Waals surface area contributed by atoms with E-state index in [2.05, 4.69) is 5.32 Å². The SMILES string of the molecule is NC(=O)N[C@H](CC(=O)OCC(=O)c1ccccc1)c1ccccc1Cl. The second kappa shape index (κ2) is 8.84. The van der Waals surface area contributed by atoms with Crippen molar-refractivity contribution in [1.29, 1.82) is 0 Å². The van der Waals surface area contributed by atoms with Crippen LogP contribution in [0.4, 0.5) is 4.79 Å². The quantitative estimate of drug-likeness (QED) is 0.585. The lowest BCUT2D eigenvalue weighted by molar-refractivity contribution is -0.143. The van der Waals surface area contributed by atoms with Crippen LogP contribution in [-0.2, 0) is 9.53 Å². The van der Waals surface area contributed by atoms with Crippen LogP contribution in [0.25, 0.3) is 0 Å². The van der Waals surface area contributed by atoms with Crippen LogP contribution in [0, 0.1) is 0 Å². The van der Waals surface area contributed by atoms with Gasteiger partial charge in [0.25, 0.3) is 0 Å². The molecule has 7 heteroatoms. The molecule has 0 aromatic heterocycles. The van der Waals surface area contributed by atoms with Gasteiger partial charge in [0.2, 0.25) is 0 Å². The first-order valence-electron chi connectivity index (χ1n) is 7.51. The molecule has 0 heterocycles. The van der Waals surface area contributed by atoms with Crippen molar-refractivity contribution < 1.29 is 19.1 Å². The van der Waals surface area contributed by atoms with Crippen LogP contribution in [0.3, 0.4) is 0 Å². The van der Waals surface area contributed by atoms with Gasteiger partial charge in [-0.05, 0) is 11.6 Å². The zero-order chi connectivity index (χ0) is 18.2. The summed E-state index contributed by atoms with van der Waals surface area (Å²) < 4.78 is 5.01. The standard InChI is InChI=1S/C18H17ClN2O4/c19-14-9-5-4-8-13(14)15(21-18(20)24)10-17(23)25-11-16(22)12-6-2-1-3-7-12/h1-9,15H,10-11H2,(H3,20,21,24)/t15-/m1/s1. The van der Waals surface area contributed by atoms with E-state index in [0.717, 1.165) is 0 Å². The maximum atomic E-state index is 12.0. The van der Waals surface area contributed by atoms with Crippen LogP contribution in [0.5, 0.6) is 0 Å². The second-order valence-corrected chi connectivity index (χ2v) is 5.64. The summed E-state index contributed by atoms with van der Waals surface area (Å²) in [5.41, 5.74) is 6.14. The third-order valence-electron chi connectivity index (χ3n) is 3.43. The Hall–Kier alpha value is -2.86. The fourth-order valence-corrected chi connectivity index (χ4v) is 2.51. The zero-order valence-electron chi connectivity index (χ0n) is 13.3. The van der Waals surface area contributed by atoms with Crippen molar-refractivity contribution in [2.75, 3.05) is 6.61 Å². The fourth-order valence-electron chi connectivity index (χ4n) is 2.25. The number of Topliss-reactive ketones (excluding diaryl/α,β-unsaturated/α-hetero) is 1. The van der Waals surface area contributed by atoms with E-state index in [0.29, 0.717) is 16.1 Å². The Labute approximate surface area is 149 Å². The number of hydrogen-bond donors (Lipinski definition) is 2. The summed E-state index contributed by atoms with van der Waals surface area (Å²) in [6, 6.07) is 13.7. The molecule has 0 aliphatic rings. The summed E-state index contributed by atoms with van der Waals surface area (Å²) in [7, 11) is 0. The van der Waals surface area contributed by atoms with E-state index in [9.17, 15) is 14.4 Å². The largest absolute Gasteiger partial charge is 0.457 e. The number of halogens is 1. The molecule has 1 atom stereocenters. The third-order valence-corrected chi connectivity index (χ3v) is 3.77. The lowest BCUT2D eigenvalue weighted by Crippen LogP contribution is -2.35. The highest BCUT2D eigenvalue weighted by molar-refractivity contribution is 6.31. The van der Waals surface area contributed by atoms with E-state index in [1.165, 1.54) is 0 Å². The highest BCUT2D eigenvalue weighted by atomic mass is 35.5. The highest BCUT2D eigenvalue weighted by Crippen LogP contribution is 2.25. The van der Waals surface area contributed by atoms with E-state index < -0.39 is 18.0 Å². The number of nitrogens with two attached hydrogens (primary N) is 1. The van der Waals surface area contributed by atoms with Gasteiger partial charge < -0.3 is 15.8 Å². The predicted octanol–water partition coefficient (Wildman–Crippen LogP) is 2.87. The number of amides is 2. The summed E-state index contributed by atoms with van der Waals surface area (Å²) in [5, 5.41) is 2.84. The topological polar surface area (TPSA) is 98.5 Å². The summed E-state index contributed by atoms with van der Waals surface area (Å²) in [6.07, 6.45) is -0.200. The van der Waals surface area contributed by atoms with E-state index in [4.69, 9.17) is 22.1 Å². The van der Waals surface area contributed by atoms with Crippen LogP contribution in [0.2, 0.25) is 5.02 Å². The number of primary amides is 1. The van der Waals surface area contributed by atoms with Gasteiger partial charge in [0.1, 0.15) is 0 Å². The Balaban J connectivity index is 1.99. The minimum absolute atomic E-state index is 0.200. The number of nitrogens with one attached hydrogen (secondary N) is 1. The van der Waals surface area contributed by atoms with Gasteiger partial charge in [0, 0.05) is 10.6 Å². The Kier molecular flexibility index (Phi) is 6.54. The summed E-state index contributed by atoms with van der Waals surface area (Å²) >= 11 is 6.10. The molecular weight excluding hydrogens is 344 g/mol. The van der Waals surface area contributed by atoms with Crippen molar-refractivity contribution >= 4 is 29.4 Å². The van der Waals surface area contributed by atoms with Crippen molar-refractivity contribution in [3.63, 3.8) is 0 Å². The number of ketones is 1. The Morgan fingerprint density at radius 1 is 1.04 bits per heavy atom. The van der Waals surface area contributed by atoms with Gasteiger partial charge in [0.05, 0.1) is 12.5 Å². The molecule has 0 unspecified atom stereocenters. The van der Waals surface area contributed by atoms with Gasteiger partial charge in [-0.2, -0.15) is 0 Å². The molecule has 2 amide bonds. The maximum absolute atomic E-state index is 12.0. The van der Waals surface area contributed by atoms with Crippen LogP contribution >= 0.6 is 11.6 Å². The number of carbonyl (C=O) groups is 3. The molecule has 6 nitrogen and oxygen atoms in total. The first kappa shape index (κ1) is 18.5. The summed E-state index contributed by atoms with van der Waals surface area (Å²) in [5.74, 6) is -0.964. The molecule has 0 saturated carbocycles. The summed E-state index contributed by atoms with van der Waals surface area (Å²) in [4.78, 5) is 35.2. The van der Waals surface area contributed by atoms with Crippen LogP contribution in [-0.4, -0.2) is 24.4 Å². The van der Waals surface area contributed by atoms with Gasteiger partial charge in [-0.25, -0.2) is 4.79 Å². The first-order chi connectivity index (χ1) is 12.0. The number of benzene rings is 2. The lowest BCUT2D eigenvalue weighted by Gasteiger charge is -2.18. The Bertz CT molecular complexity index is 765. The van der Waals surface area contributed by atoms with Crippen molar-refractivity contribution in [2.24, 2.45) is 5.73 Å². The average Bonchev–Trinajstić information content (AvgIpc) is 2.60. The van der Waals surface area contributed by atoms with Gasteiger partial charge in [-0.3, -0.25) is 9.59 Å². The molecule has 0 radical (unpaired) electrons. The number of hydrogen-bond acceptors (Lipinski definition) is 4. The highest BCUT2D eigenvalue weighted by Gasteiger charge is 2.21. The first-order valence-corrected chi connectivity index (χ1v) is 7.89. The molecule has 0 spiro atoms. The predicted molar refractivity (Wildman–Crippen MR) is 93.3 cm³/mol. The number of rotatable bonds is 7. The second-order valence-electron chi connectivity index (χ2n) is 5.24. The molecule has 0 fully saturated rings. The molecule has 130 valence electrons. The summed E-state index contributed by atoms with van der Waals surface area (Å²) in [6.45, 7) is -0.380. The molecule has 0 saturated heterocycles. The van der Waals surface area contributed by atoms with Gasteiger partial charge in [-0.1, -0.05) is 60.1 Å². The van der Waals surface area contributed by atoms with Crippen LogP contribution < -0.4 is 11.1 Å². The van der Waals surface area contributed by atoms with Crippen LogP contribution in [0.15, 0.2) is 54.6 Å². The number of carbonyl (C=O) groups excluding carboxylic acids is 3. The molecule has 25 heavy (non-hydrogen) atoms. The molecule has 0 aliphatic carbocycles. The van der Waals surface area contributed by atoms with Crippen molar-refractivity contribution in [1.82, 2.24) is 5.32 Å². The molecule has 3 N–H and O–H groups in total. The molecule has 2 aromatic carbocycles. The normalized spacial score (nSPS) is 11.4. The monoisotopic (exact) mass is 360 g/mol. The van der Waals surface area contributed by atoms with E-state index in [1.807, 2.05) is 0 Å². The number of esters is 1. The number of ether oxygens (including phenoxy) is 1. The molecule has 2 aromatic rings. The minimum Gasteiger partial charge on any atom is -0.457 e. The van der Waals surface area contributed by atoms with Crippen molar-refractivity contribution in [3.05, 3.63) is 70.7 Å². The van der Waals surface area contributed by atoms with Gasteiger partial charge >= 0.3 is 12.0 Å². The average molecular weight is 361 g/mol. The number of urea groups is 1. The van der Waals surface area contributed by atoms with Crippen LogP contribution in [0.1, 0.15) is 28.4 Å². The lowest BCUT2D eigenvalue weighted by atomic mass is 10.0. The van der Waals surface area contributed by atoms with E-state index in [-0.39, 0.29) is 18.8 Å².